The van der Waals surface area contributed by atoms with Crippen molar-refractivity contribution in [2.24, 2.45) is 0 Å². The molecule has 2 aromatic rings. The zero-order valence-electron chi connectivity index (χ0n) is 18.7. The predicted molar refractivity (Wildman–Crippen MR) is 126 cm³/mol. The zero-order chi connectivity index (χ0) is 22.1. The van der Waals surface area contributed by atoms with Gasteiger partial charge in [-0.05, 0) is 63.8 Å². The summed E-state index contributed by atoms with van der Waals surface area (Å²) in [7, 11) is 0. The lowest BCUT2D eigenvalue weighted by atomic mass is 9.97. The van der Waals surface area contributed by atoms with Crippen molar-refractivity contribution >= 4 is 23.2 Å². The van der Waals surface area contributed by atoms with Gasteiger partial charge in [-0.2, -0.15) is 0 Å². The average Bonchev–Trinajstić information content (AvgIpc) is 2.76. The lowest BCUT2D eigenvalue weighted by Gasteiger charge is -2.20. The molecule has 0 radical (unpaired) electrons. The molecule has 0 bridgehead atoms. The molecule has 0 saturated heterocycles. The molecule has 3 rings (SSSR count). The molecular weight excluding hydrogens is 386 g/mol. The molecular formula is C26H34N3O2+. The second kappa shape index (κ2) is 11.5. The number of rotatable bonds is 9. The average molecular weight is 421 g/mol. The monoisotopic (exact) mass is 420 g/mol. The molecule has 0 aliphatic heterocycles. The van der Waals surface area contributed by atoms with Crippen LogP contribution in [0.25, 0.3) is 0 Å². The molecule has 0 atom stereocenters. The van der Waals surface area contributed by atoms with Crippen LogP contribution in [0.4, 0.5) is 11.4 Å². The minimum atomic E-state index is -0.0698. The summed E-state index contributed by atoms with van der Waals surface area (Å²) in [4.78, 5) is 26.3. The van der Waals surface area contributed by atoms with Crippen LogP contribution in [0.3, 0.4) is 0 Å². The highest BCUT2D eigenvalue weighted by Gasteiger charge is 2.19. The molecule has 5 nitrogen and oxygen atoms in total. The van der Waals surface area contributed by atoms with Gasteiger partial charge in [0, 0.05) is 17.8 Å². The van der Waals surface area contributed by atoms with Crippen molar-refractivity contribution in [1.82, 2.24) is 0 Å². The minimum Gasteiger partial charge on any atom is -0.321 e. The molecule has 1 aliphatic rings. The van der Waals surface area contributed by atoms with Crippen LogP contribution in [-0.4, -0.2) is 31.4 Å². The SMILES string of the molecule is Cc1ccc(NC(=O)C[NH+](CCC2=CCCCC2)CC(=O)Nc2ccc(C)cc2)cc1. The Balaban J connectivity index is 1.59. The third kappa shape index (κ3) is 8.02. The first-order chi connectivity index (χ1) is 15.0. The van der Waals surface area contributed by atoms with Gasteiger partial charge in [-0.15, -0.1) is 0 Å². The highest BCUT2D eigenvalue weighted by Crippen LogP contribution is 2.19. The number of amides is 2. The standard InChI is InChI=1S/C26H33N3O2/c1-20-8-12-23(13-9-20)27-25(30)18-29(17-16-22-6-4-3-5-7-22)19-26(31)28-24-14-10-21(2)11-15-24/h6,8-15H,3-5,7,16-19H2,1-2H3,(H,27,30)(H,28,31)/p+1. The Hall–Kier alpha value is -2.92. The van der Waals surface area contributed by atoms with Gasteiger partial charge in [0.25, 0.3) is 11.8 Å². The molecule has 0 spiro atoms. The second-order valence-corrected chi connectivity index (χ2v) is 8.54. The number of carbonyl (C=O) groups is 2. The molecule has 164 valence electrons. The van der Waals surface area contributed by atoms with Gasteiger partial charge in [-0.3, -0.25) is 9.59 Å². The maximum atomic E-state index is 12.7. The van der Waals surface area contributed by atoms with E-state index in [1.807, 2.05) is 62.4 Å². The largest absolute Gasteiger partial charge is 0.321 e. The maximum Gasteiger partial charge on any atom is 0.279 e. The van der Waals surface area contributed by atoms with E-state index in [1.54, 1.807) is 0 Å². The molecule has 2 aromatic carbocycles. The molecule has 0 heterocycles. The summed E-state index contributed by atoms with van der Waals surface area (Å²) in [6.45, 7) is 5.34. The van der Waals surface area contributed by atoms with E-state index < -0.39 is 0 Å². The summed E-state index contributed by atoms with van der Waals surface area (Å²) in [5.41, 5.74) is 5.34. The van der Waals surface area contributed by atoms with Gasteiger partial charge in [-0.1, -0.05) is 47.0 Å². The van der Waals surface area contributed by atoms with Crippen LogP contribution in [0.15, 0.2) is 60.2 Å². The summed E-state index contributed by atoms with van der Waals surface area (Å²) in [5.74, 6) is -0.140. The maximum absolute atomic E-state index is 12.7. The smallest absolute Gasteiger partial charge is 0.279 e. The van der Waals surface area contributed by atoms with Crippen LogP contribution < -0.4 is 15.5 Å². The van der Waals surface area contributed by atoms with Crippen molar-refractivity contribution in [1.29, 1.82) is 0 Å². The Morgan fingerprint density at radius 3 is 1.77 bits per heavy atom. The lowest BCUT2D eigenvalue weighted by molar-refractivity contribution is -0.883. The molecule has 31 heavy (non-hydrogen) atoms. The van der Waals surface area contributed by atoms with Crippen molar-refractivity contribution in [3.8, 4) is 0 Å². The fraction of sp³-hybridized carbons (Fsp3) is 0.385. The van der Waals surface area contributed by atoms with Crippen molar-refractivity contribution in [2.75, 3.05) is 30.3 Å². The van der Waals surface area contributed by atoms with E-state index in [4.69, 9.17) is 0 Å². The quantitative estimate of drug-likeness (QED) is 0.542. The molecule has 0 fully saturated rings. The van der Waals surface area contributed by atoms with E-state index in [9.17, 15) is 9.59 Å². The summed E-state index contributed by atoms with van der Waals surface area (Å²) in [6, 6.07) is 15.5. The Bertz CT molecular complexity index is 840. The molecule has 5 heteroatoms. The Morgan fingerprint density at radius 2 is 1.32 bits per heavy atom. The third-order valence-corrected chi connectivity index (χ3v) is 5.68. The van der Waals surface area contributed by atoms with E-state index in [1.165, 1.54) is 18.4 Å². The molecule has 2 amide bonds. The molecule has 0 saturated carbocycles. The first kappa shape index (κ1) is 22.8. The number of benzene rings is 2. The fourth-order valence-corrected chi connectivity index (χ4v) is 3.85. The van der Waals surface area contributed by atoms with Gasteiger partial charge in [0.15, 0.2) is 13.1 Å². The Labute approximate surface area is 185 Å². The van der Waals surface area contributed by atoms with Crippen molar-refractivity contribution in [2.45, 2.75) is 46.0 Å². The zero-order valence-corrected chi connectivity index (χ0v) is 18.7. The predicted octanol–water partition coefficient (Wildman–Crippen LogP) is 3.66. The van der Waals surface area contributed by atoms with Gasteiger partial charge in [-0.25, -0.2) is 0 Å². The van der Waals surface area contributed by atoms with Crippen LogP contribution in [0, 0.1) is 13.8 Å². The van der Waals surface area contributed by atoms with Gasteiger partial charge in [0.1, 0.15) is 0 Å². The highest BCUT2D eigenvalue weighted by molar-refractivity contribution is 5.93. The van der Waals surface area contributed by atoms with E-state index in [0.717, 1.165) is 53.2 Å². The first-order valence-electron chi connectivity index (χ1n) is 11.2. The topological polar surface area (TPSA) is 62.6 Å². The normalized spacial score (nSPS) is 13.6. The molecule has 0 unspecified atom stereocenters. The number of hydrogen-bond donors (Lipinski definition) is 3. The first-order valence-corrected chi connectivity index (χ1v) is 11.2. The van der Waals surface area contributed by atoms with Gasteiger partial charge in [0.2, 0.25) is 0 Å². The summed E-state index contributed by atoms with van der Waals surface area (Å²) in [6.07, 6.45) is 8.05. The van der Waals surface area contributed by atoms with Crippen molar-refractivity contribution in [3.63, 3.8) is 0 Å². The number of allylic oxidation sites excluding steroid dienone is 1. The number of anilines is 2. The molecule has 1 aliphatic carbocycles. The fourth-order valence-electron chi connectivity index (χ4n) is 3.85. The van der Waals surface area contributed by atoms with Crippen molar-refractivity contribution in [3.05, 3.63) is 71.3 Å². The second-order valence-electron chi connectivity index (χ2n) is 8.54. The minimum absolute atomic E-state index is 0.0698. The molecule has 3 N–H and O–H groups in total. The summed E-state index contributed by atoms with van der Waals surface area (Å²) >= 11 is 0. The molecule has 0 aromatic heterocycles. The van der Waals surface area contributed by atoms with Gasteiger partial charge < -0.3 is 15.5 Å². The van der Waals surface area contributed by atoms with E-state index in [-0.39, 0.29) is 24.9 Å². The number of quaternary nitrogens is 1. The lowest BCUT2D eigenvalue weighted by Crippen LogP contribution is -3.14. The van der Waals surface area contributed by atoms with E-state index in [0.29, 0.717) is 0 Å². The van der Waals surface area contributed by atoms with Crippen LogP contribution in [0.5, 0.6) is 0 Å². The van der Waals surface area contributed by atoms with Crippen LogP contribution in [0.2, 0.25) is 0 Å². The van der Waals surface area contributed by atoms with Gasteiger partial charge >= 0.3 is 0 Å². The summed E-state index contributed by atoms with van der Waals surface area (Å²) < 4.78 is 0. The number of hydrogen-bond acceptors (Lipinski definition) is 2. The highest BCUT2D eigenvalue weighted by atomic mass is 16.2. The Morgan fingerprint density at radius 1 is 0.806 bits per heavy atom. The number of nitrogens with one attached hydrogen (secondary N) is 3. The van der Waals surface area contributed by atoms with Crippen molar-refractivity contribution < 1.29 is 14.5 Å². The van der Waals surface area contributed by atoms with E-state index in [2.05, 4.69) is 16.7 Å². The summed E-state index contributed by atoms with van der Waals surface area (Å²) in [5, 5.41) is 5.92. The van der Waals surface area contributed by atoms with Crippen LogP contribution >= 0.6 is 0 Å². The van der Waals surface area contributed by atoms with Crippen LogP contribution in [0.1, 0.15) is 43.2 Å². The van der Waals surface area contributed by atoms with E-state index >= 15 is 0 Å². The number of aryl methyl sites for hydroxylation is 2. The third-order valence-electron chi connectivity index (χ3n) is 5.68. The van der Waals surface area contributed by atoms with Gasteiger partial charge in [0.05, 0.1) is 6.54 Å². The van der Waals surface area contributed by atoms with Crippen LogP contribution in [-0.2, 0) is 9.59 Å². The number of carbonyl (C=O) groups excluding carboxylic acids is 2. The Kier molecular flexibility index (Phi) is 8.42.